The predicted octanol–water partition coefficient (Wildman–Crippen LogP) is 2.90. The van der Waals surface area contributed by atoms with Crippen LogP contribution in [0.1, 0.15) is 27.2 Å². The molecule has 0 saturated heterocycles. The van der Waals surface area contributed by atoms with Crippen molar-refractivity contribution in [2.24, 2.45) is 0 Å². The molecule has 1 aliphatic rings. The molecule has 0 bridgehead atoms. The van der Waals surface area contributed by atoms with Crippen molar-refractivity contribution in [3.63, 3.8) is 0 Å². The van der Waals surface area contributed by atoms with Crippen molar-refractivity contribution >= 4 is 6.29 Å². The topological polar surface area (TPSA) is 32.9 Å². The van der Waals surface area contributed by atoms with Gasteiger partial charge in [-0.1, -0.05) is 18.2 Å². The Morgan fingerprint density at radius 2 is 2.19 bits per heavy atom. The van der Waals surface area contributed by atoms with E-state index in [1.54, 1.807) is 0 Å². The van der Waals surface area contributed by atoms with Gasteiger partial charge in [0.1, 0.15) is 0 Å². The smallest absolute Gasteiger partial charge is 0.166 e. The molecule has 0 atom stereocenters. The molecule has 0 spiro atoms. The molecule has 80 valence electrons. The van der Waals surface area contributed by atoms with Gasteiger partial charge in [-0.25, -0.2) is 0 Å². The van der Waals surface area contributed by atoms with Crippen LogP contribution in [0.15, 0.2) is 24.3 Å². The highest BCUT2D eigenvalue weighted by atomic mass is 16.1. The lowest BCUT2D eigenvalue weighted by atomic mass is 9.88. The fourth-order valence-corrected chi connectivity index (χ4v) is 2.55. The van der Waals surface area contributed by atoms with Gasteiger partial charge >= 0.3 is 0 Å². The number of hydrogen-bond acceptors (Lipinski definition) is 1. The zero-order chi connectivity index (χ0) is 11.1. The highest BCUT2D eigenvalue weighted by Gasteiger charge is 2.19. The molecule has 0 unspecified atom stereocenters. The molecule has 0 saturated carbocycles. The molecule has 1 heterocycles. The minimum atomic E-state index is 0.680. The molecular formula is C14H13NO. The van der Waals surface area contributed by atoms with Crippen LogP contribution in [0, 0.1) is 6.92 Å². The molecule has 2 nitrogen and oxygen atoms in total. The Morgan fingerprint density at radius 3 is 3.00 bits per heavy atom. The standard InChI is InChI=1S/C14H13NO/c1-9-3-2-4-13-12(9)6-5-10-7-11(8-16)15-14(10)13/h2-4,7-8,15H,5-6H2,1H3. The van der Waals surface area contributed by atoms with E-state index in [4.69, 9.17) is 0 Å². The summed E-state index contributed by atoms with van der Waals surface area (Å²) in [6.07, 6.45) is 2.98. The maximum Gasteiger partial charge on any atom is 0.166 e. The van der Waals surface area contributed by atoms with Crippen molar-refractivity contribution in [3.8, 4) is 11.3 Å². The Hall–Kier alpha value is -1.83. The average Bonchev–Trinajstić information content (AvgIpc) is 2.72. The lowest BCUT2D eigenvalue weighted by molar-refractivity contribution is 0.111. The third kappa shape index (κ3) is 1.23. The zero-order valence-electron chi connectivity index (χ0n) is 9.21. The zero-order valence-corrected chi connectivity index (χ0v) is 9.21. The second-order valence-electron chi connectivity index (χ2n) is 4.34. The van der Waals surface area contributed by atoms with E-state index in [1.807, 2.05) is 6.07 Å². The summed E-state index contributed by atoms with van der Waals surface area (Å²) >= 11 is 0. The molecule has 1 aromatic heterocycles. The maximum absolute atomic E-state index is 10.8. The predicted molar refractivity (Wildman–Crippen MR) is 63.8 cm³/mol. The Labute approximate surface area is 94.3 Å². The van der Waals surface area contributed by atoms with Gasteiger partial charge in [0.15, 0.2) is 6.29 Å². The lowest BCUT2D eigenvalue weighted by Gasteiger charge is -2.18. The second-order valence-corrected chi connectivity index (χ2v) is 4.34. The number of fused-ring (bicyclic) bond motifs is 3. The molecule has 3 rings (SSSR count). The van der Waals surface area contributed by atoms with Gasteiger partial charge in [-0.3, -0.25) is 4.79 Å². The van der Waals surface area contributed by atoms with Crippen LogP contribution in [0.2, 0.25) is 0 Å². The first-order chi connectivity index (χ1) is 7.79. The van der Waals surface area contributed by atoms with Crippen LogP contribution in [0.3, 0.4) is 0 Å². The molecule has 0 aliphatic heterocycles. The van der Waals surface area contributed by atoms with Crippen LogP contribution < -0.4 is 0 Å². The maximum atomic E-state index is 10.8. The molecule has 1 N–H and O–H groups in total. The number of hydrogen-bond donors (Lipinski definition) is 1. The summed E-state index contributed by atoms with van der Waals surface area (Å²) in [7, 11) is 0. The van der Waals surface area contributed by atoms with E-state index >= 15 is 0 Å². The Bertz CT molecular complexity index is 566. The van der Waals surface area contributed by atoms with Crippen molar-refractivity contribution in [2.45, 2.75) is 19.8 Å². The first-order valence-corrected chi connectivity index (χ1v) is 5.55. The average molecular weight is 211 g/mol. The summed E-state index contributed by atoms with van der Waals surface area (Å²) in [5, 5.41) is 0. The number of aldehydes is 1. The third-order valence-electron chi connectivity index (χ3n) is 3.37. The van der Waals surface area contributed by atoms with E-state index in [0.29, 0.717) is 5.69 Å². The van der Waals surface area contributed by atoms with E-state index < -0.39 is 0 Å². The number of H-pyrrole nitrogens is 1. The van der Waals surface area contributed by atoms with Crippen molar-refractivity contribution in [1.29, 1.82) is 0 Å². The molecule has 2 heteroatoms. The second kappa shape index (κ2) is 3.34. The van der Waals surface area contributed by atoms with Crippen LogP contribution in [0.4, 0.5) is 0 Å². The number of carbonyl (C=O) groups excluding carboxylic acids is 1. The quantitative estimate of drug-likeness (QED) is 0.723. The first-order valence-electron chi connectivity index (χ1n) is 5.55. The van der Waals surface area contributed by atoms with Gasteiger partial charge in [0.05, 0.1) is 5.69 Å². The molecule has 0 amide bonds. The molecule has 2 aromatic rings. The molecule has 16 heavy (non-hydrogen) atoms. The third-order valence-corrected chi connectivity index (χ3v) is 3.37. The normalized spacial score (nSPS) is 13.1. The van der Waals surface area contributed by atoms with Gasteiger partial charge in [0, 0.05) is 11.3 Å². The van der Waals surface area contributed by atoms with E-state index in [9.17, 15) is 4.79 Å². The fraction of sp³-hybridized carbons (Fsp3) is 0.214. The van der Waals surface area contributed by atoms with E-state index in [-0.39, 0.29) is 0 Å². The fourth-order valence-electron chi connectivity index (χ4n) is 2.55. The van der Waals surface area contributed by atoms with Gasteiger partial charge in [-0.05, 0) is 42.5 Å². The van der Waals surface area contributed by atoms with Crippen molar-refractivity contribution in [3.05, 3.63) is 46.6 Å². The van der Waals surface area contributed by atoms with E-state index in [0.717, 1.165) is 24.8 Å². The van der Waals surface area contributed by atoms with Crippen LogP contribution >= 0.6 is 0 Å². The summed E-state index contributed by atoms with van der Waals surface area (Å²) in [4.78, 5) is 14.0. The number of aryl methyl sites for hydroxylation is 2. The number of aromatic nitrogens is 1. The summed E-state index contributed by atoms with van der Waals surface area (Å²) < 4.78 is 0. The Morgan fingerprint density at radius 1 is 1.31 bits per heavy atom. The molecule has 1 aromatic carbocycles. The number of benzene rings is 1. The number of carbonyl (C=O) groups is 1. The SMILES string of the molecule is Cc1cccc2c1CCc1cc(C=O)[nH]c1-2. The van der Waals surface area contributed by atoms with E-state index in [2.05, 4.69) is 30.1 Å². The summed E-state index contributed by atoms with van der Waals surface area (Å²) in [5.41, 5.74) is 7.08. The van der Waals surface area contributed by atoms with Crippen LogP contribution in [-0.4, -0.2) is 11.3 Å². The molecule has 0 radical (unpaired) electrons. The van der Waals surface area contributed by atoms with Crippen molar-refractivity contribution in [2.75, 3.05) is 0 Å². The van der Waals surface area contributed by atoms with Gasteiger partial charge in [-0.15, -0.1) is 0 Å². The number of nitrogens with one attached hydrogen (secondary N) is 1. The van der Waals surface area contributed by atoms with Gasteiger partial charge < -0.3 is 4.98 Å². The molecule has 1 aliphatic carbocycles. The summed E-state index contributed by atoms with van der Waals surface area (Å²) in [6, 6.07) is 8.32. The van der Waals surface area contributed by atoms with Gasteiger partial charge in [0.25, 0.3) is 0 Å². The summed E-state index contributed by atoms with van der Waals surface area (Å²) in [5.74, 6) is 0. The number of aromatic amines is 1. The van der Waals surface area contributed by atoms with Crippen LogP contribution in [-0.2, 0) is 12.8 Å². The Kier molecular flexibility index (Phi) is 1.96. The number of rotatable bonds is 1. The van der Waals surface area contributed by atoms with Gasteiger partial charge in [-0.2, -0.15) is 0 Å². The highest BCUT2D eigenvalue weighted by Crippen LogP contribution is 2.34. The first kappa shape index (κ1) is 9.40. The van der Waals surface area contributed by atoms with Crippen LogP contribution in [0.5, 0.6) is 0 Å². The van der Waals surface area contributed by atoms with Crippen molar-refractivity contribution in [1.82, 2.24) is 4.98 Å². The van der Waals surface area contributed by atoms with Gasteiger partial charge in [0.2, 0.25) is 0 Å². The molecule has 0 fully saturated rings. The van der Waals surface area contributed by atoms with Crippen LogP contribution in [0.25, 0.3) is 11.3 Å². The van der Waals surface area contributed by atoms with Crippen molar-refractivity contribution < 1.29 is 4.79 Å². The largest absolute Gasteiger partial charge is 0.352 e. The lowest BCUT2D eigenvalue weighted by Crippen LogP contribution is -2.04. The molecular weight excluding hydrogens is 198 g/mol. The van der Waals surface area contributed by atoms with E-state index in [1.165, 1.54) is 22.3 Å². The minimum absolute atomic E-state index is 0.680. The Balaban J connectivity index is 2.26. The highest BCUT2D eigenvalue weighted by molar-refractivity contribution is 5.79. The summed E-state index contributed by atoms with van der Waals surface area (Å²) in [6.45, 7) is 2.15. The minimum Gasteiger partial charge on any atom is -0.352 e. The monoisotopic (exact) mass is 211 g/mol.